The third-order valence-electron chi connectivity index (χ3n) is 6.60. The lowest BCUT2D eigenvalue weighted by Crippen LogP contribution is -2.46. The number of piperazine rings is 1. The molecule has 0 saturated carbocycles. The average Bonchev–Trinajstić information content (AvgIpc) is 3.29. The van der Waals surface area contributed by atoms with Crippen molar-refractivity contribution < 1.29 is 14.3 Å². The number of carbonyl (C=O) groups excluding carboxylic acids is 1. The lowest BCUT2D eigenvalue weighted by atomic mass is 10.0. The molecule has 0 spiro atoms. The first kappa shape index (κ1) is 24.1. The van der Waals surface area contributed by atoms with Crippen molar-refractivity contribution in [3.05, 3.63) is 59.8 Å². The molecule has 0 unspecified atom stereocenters. The van der Waals surface area contributed by atoms with Crippen molar-refractivity contribution in [1.82, 2.24) is 15.2 Å². The molecule has 4 rings (SSSR count). The maximum absolute atomic E-state index is 12.4. The number of amides is 1. The highest BCUT2D eigenvalue weighted by atomic mass is 16.5. The molecule has 2 heterocycles. The molecule has 0 aliphatic carbocycles. The van der Waals surface area contributed by atoms with Crippen molar-refractivity contribution in [2.24, 2.45) is 0 Å². The number of H-pyrrole nitrogens is 1. The van der Waals surface area contributed by atoms with E-state index in [2.05, 4.69) is 38.4 Å². The first-order valence-electron chi connectivity index (χ1n) is 12.2. The predicted molar refractivity (Wildman–Crippen MR) is 137 cm³/mol. The predicted octanol–water partition coefficient (Wildman–Crippen LogP) is 3.70. The molecule has 1 aliphatic rings. The summed E-state index contributed by atoms with van der Waals surface area (Å²) in [4.78, 5) is 20.7. The summed E-state index contributed by atoms with van der Waals surface area (Å²) in [6.07, 6.45) is 5.41. The van der Waals surface area contributed by atoms with E-state index < -0.39 is 0 Å². The monoisotopic (exact) mass is 464 g/mol. The number of aryl methyl sites for hydroxylation is 1. The molecule has 2 N–H and O–H groups in total. The van der Waals surface area contributed by atoms with Gasteiger partial charge in [0.05, 0.1) is 13.7 Å². The second-order valence-electron chi connectivity index (χ2n) is 8.81. The van der Waals surface area contributed by atoms with Gasteiger partial charge in [0.1, 0.15) is 5.75 Å². The first-order valence-corrected chi connectivity index (χ1v) is 12.2. The van der Waals surface area contributed by atoms with E-state index >= 15 is 0 Å². The largest absolute Gasteiger partial charge is 0.497 e. The molecular formula is C27H36N4O3. The van der Waals surface area contributed by atoms with Crippen LogP contribution in [0.2, 0.25) is 0 Å². The van der Waals surface area contributed by atoms with Gasteiger partial charge in [-0.05, 0) is 73.8 Å². The van der Waals surface area contributed by atoms with E-state index in [1.54, 1.807) is 14.2 Å². The summed E-state index contributed by atoms with van der Waals surface area (Å²) in [5, 5.41) is 4.04. The number of aromatic nitrogens is 1. The van der Waals surface area contributed by atoms with Gasteiger partial charge in [0.2, 0.25) is 0 Å². The summed E-state index contributed by atoms with van der Waals surface area (Å²) in [7, 11) is 3.33. The van der Waals surface area contributed by atoms with Gasteiger partial charge in [-0.3, -0.25) is 9.69 Å². The first-order chi connectivity index (χ1) is 16.7. The van der Waals surface area contributed by atoms with Crippen LogP contribution in [0, 0.1) is 0 Å². The zero-order valence-corrected chi connectivity index (χ0v) is 20.3. The van der Waals surface area contributed by atoms with E-state index in [4.69, 9.17) is 9.47 Å². The van der Waals surface area contributed by atoms with Crippen molar-refractivity contribution in [3.8, 4) is 5.75 Å². The fraction of sp³-hybridized carbons (Fsp3) is 0.444. The normalized spacial score (nSPS) is 14.5. The smallest absolute Gasteiger partial charge is 0.251 e. The second-order valence-corrected chi connectivity index (χ2v) is 8.81. The number of hydrogen-bond donors (Lipinski definition) is 2. The maximum Gasteiger partial charge on any atom is 0.251 e. The van der Waals surface area contributed by atoms with Crippen LogP contribution in [0.1, 0.15) is 28.8 Å². The number of benzene rings is 2. The number of anilines is 1. The molecule has 0 bridgehead atoms. The van der Waals surface area contributed by atoms with Crippen LogP contribution in [0.25, 0.3) is 10.9 Å². The molecule has 34 heavy (non-hydrogen) atoms. The number of unbranched alkanes of at least 4 members (excludes halogenated alkanes) is 1. The van der Waals surface area contributed by atoms with Crippen LogP contribution in [0.5, 0.6) is 5.75 Å². The summed E-state index contributed by atoms with van der Waals surface area (Å²) < 4.78 is 10.3. The Labute approximate surface area is 202 Å². The van der Waals surface area contributed by atoms with Gasteiger partial charge in [-0.15, -0.1) is 0 Å². The van der Waals surface area contributed by atoms with Crippen LogP contribution in [-0.2, 0) is 11.2 Å². The number of ether oxygens (including phenoxy) is 2. The van der Waals surface area contributed by atoms with E-state index in [1.807, 2.05) is 30.3 Å². The number of rotatable bonds is 11. The lowest BCUT2D eigenvalue weighted by molar-refractivity contribution is 0.0937. The number of nitrogens with zero attached hydrogens (tertiary/aromatic N) is 2. The Morgan fingerprint density at radius 1 is 1.03 bits per heavy atom. The summed E-state index contributed by atoms with van der Waals surface area (Å²) in [5.74, 6) is 0.846. The van der Waals surface area contributed by atoms with E-state index in [9.17, 15) is 4.79 Å². The Balaban J connectivity index is 1.22. The molecule has 0 radical (unpaired) electrons. The Bertz CT molecular complexity index is 1060. The van der Waals surface area contributed by atoms with Crippen LogP contribution < -0.4 is 15.0 Å². The van der Waals surface area contributed by atoms with Crippen LogP contribution in [0.3, 0.4) is 0 Å². The van der Waals surface area contributed by atoms with Gasteiger partial charge in [0.15, 0.2) is 0 Å². The van der Waals surface area contributed by atoms with Gasteiger partial charge in [-0.1, -0.05) is 0 Å². The average molecular weight is 465 g/mol. The maximum atomic E-state index is 12.4. The minimum atomic E-state index is -0.0557. The molecule has 3 aromatic rings. The summed E-state index contributed by atoms with van der Waals surface area (Å²) in [5.41, 5.74) is 4.33. The molecule has 2 aromatic carbocycles. The minimum Gasteiger partial charge on any atom is -0.497 e. The third-order valence-corrected chi connectivity index (χ3v) is 6.60. The Kier molecular flexibility index (Phi) is 8.44. The zero-order chi connectivity index (χ0) is 23.8. The van der Waals surface area contributed by atoms with Crippen molar-refractivity contribution in [2.75, 3.05) is 65.0 Å². The topological polar surface area (TPSA) is 69.8 Å². The number of fused-ring (bicyclic) bond motifs is 1. The number of methoxy groups -OCH3 is 2. The third kappa shape index (κ3) is 6.10. The number of aromatic amines is 1. The van der Waals surface area contributed by atoms with E-state index in [0.29, 0.717) is 18.7 Å². The summed E-state index contributed by atoms with van der Waals surface area (Å²) >= 11 is 0. The van der Waals surface area contributed by atoms with Gasteiger partial charge in [0.25, 0.3) is 5.91 Å². The molecular weight excluding hydrogens is 428 g/mol. The van der Waals surface area contributed by atoms with E-state index in [0.717, 1.165) is 62.2 Å². The highest BCUT2D eigenvalue weighted by Gasteiger charge is 2.17. The van der Waals surface area contributed by atoms with E-state index in [1.165, 1.54) is 17.7 Å². The fourth-order valence-corrected chi connectivity index (χ4v) is 4.57. The zero-order valence-electron chi connectivity index (χ0n) is 20.3. The van der Waals surface area contributed by atoms with Gasteiger partial charge < -0.3 is 24.7 Å². The van der Waals surface area contributed by atoms with Crippen molar-refractivity contribution >= 4 is 22.5 Å². The molecule has 1 amide bonds. The Morgan fingerprint density at radius 2 is 1.82 bits per heavy atom. The van der Waals surface area contributed by atoms with Crippen molar-refractivity contribution in [2.45, 2.75) is 19.3 Å². The number of carbonyl (C=O) groups is 1. The second kappa shape index (κ2) is 11.9. The Morgan fingerprint density at radius 3 is 2.56 bits per heavy atom. The summed E-state index contributed by atoms with van der Waals surface area (Å²) in [6, 6.07) is 14.2. The van der Waals surface area contributed by atoms with Crippen LogP contribution in [0.4, 0.5) is 5.69 Å². The standard InChI is InChI=1S/C27H36N4O3/c1-33-18-12-28-27(32)21-6-11-26-25(19-21)22(20-29-26)5-3-4-13-30-14-16-31(17-15-30)23-7-9-24(34-2)10-8-23/h6-11,19-20,29H,3-5,12-18H2,1-2H3,(H,28,32). The molecule has 0 atom stereocenters. The lowest BCUT2D eigenvalue weighted by Gasteiger charge is -2.36. The Hall–Kier alpha value is -3.03. The molecule has 1 aliphatic heterocycles. The summed E-state index contributed by atoms with van der Waals surface area (Å²) in [6.45, 7) is 6.48. The molecule has 7 heteroatoms. The van der Waals surface area contributed by atoms with Gasteiger partial charge in [0, 0.05) is 68.2 Å². The van der Waals surface area contributed by atoms with Crippen LogP contribution in [-0.4, -0.2) is 75.9 Å². The molecule has 182 valence electrons. The van der Waals surface area contributed by atoms with Crippen molar-refractivity contribution in [3.63, 3.8) is 0 Å². The molecule has 1 fully saturated rings. The molecule has 7 nitrogen and oxygen atoms in total. The van der Waals surface area contributed by atoms with E-state index in [-0.39, 0.29) is 5.91 Å². The van der Waals surface area contributed by atoms with Gasteiger partial charge in [-0.2, -0.15) is 0 Å². The van der Waals surface area contributed by atoms with Crippen molar-refractivity contribution in [1.29, 1.82) is 0 Å². The molecule has 1 saturated heterocycles. The SMILES string of the molecule is COCCNC(=O)c1ccc2[nH]cc(CCCCN3CCN(c4ccc(OC)cc4)CC3)c2c1. The highest BCUT2D eigenvalue weighted by Crippen LogP contribution is 2.23. The van der Waals surface area contributed by atoms with Gasteiger partial charge >= 0.3 is 0 Å². The fourth-order valence-electron chi connectivity index (χ4n) is 4.57. The minimum absolute atomic E-state index is 0.0557. The number of hydrogen-bond acceptors (Lipinski definition) is 5. The number of nitrogens with one attached hydrogen (secondary N) is 2. The van der Waals surface area contributed by atoms with Crippen LogP contribution in [0.15, 0.2) is 48.7 Å². The molecule has 1 aromatic heterocycles. The van der Waals surface area contributed by atoms with Crippen LogP contribution >= 0.6 is 0 Å². The van der Waals surface area contributed by atoms with Gasteiger partial charge in [-0.25, -0.2) is 0 Å². The quantitative estimate of drug-likeness (QED) is 0.424. The highest BCUT2D eigenvalue weighted by molar-refractivity contribution is 5.98.